The van der Waals surface area contributed by atoms with Gasteiger partial charge in [0, 0.05) is 42.5 Å². The third-order valence-electron chi connectivity index (χ3n) is 4.65. The molecule has 152 valence electrons. The quantitative estimate of drug-likeness (QED) is 0.223. The summed E-state index contributed by atoms with van der Waals surface area (Å²) in [5.41, 5.74) is 1.19. The van der Waals surface area contributed by atoms with E-state index in [1.54, 1.807) is 0 Å². The molecule has 1 aliphatic heterocycles. The molecule has 0 unspecified atom stereocenters. The van der Waals surface area contributed by atoms with Crippen molar-refractivity contribution in [3.05, 3.63) is 34.3 Å². The van der Waals surface area contributed by atoms with E-state index >= 15 is 0 Å². The fraction of sp³-hybridized carbons (Fsp3) is 0.600. The van der Waals surface area contributed by atoms with Crippen LogP contribution < -0.4 is 10.6 Å². The van der Waals surface area contributed by atoms with Crippen LogP contribution >= 0.6 is 39.9 Å². The maximum Gasteiger partial charge on any atom is 0.222 e. The van der Waals surface area contributed by atoms with Crippen LogP contribution in [0.3, 0.4) is 0 Å². The number of guanidine groups is 1. The number of carbonyl (C=O) groups is 1. The zero-order valence-corrected chi connectivity index (χ0v) is 20.5. The summed E-state index contributed by atoms with van der Waals surface area (Å²) in [7, 11) is 0. The van der Waals surface area contributed by atoms with Gasteiger partial charge in [-0.2, -0.15) is 0 Å². The number of nitrogens with zero attached hydrogens (tertiary/aromatic N) is 2. The maximum absolute atomic E-state index is 11.6. The van der Waals surface area contributed by atoms with Crippen molar-refractivity contribution in [1.29, 1.82) is 0 Å². The highest BCUT2D eigenvalue weighted by Crippen LogP contribution is 2.30. The third-order valence-corrected chi connectivity index (χ3v) is 5.34. The van der Waals surface area contributed by atoms with E-state index in [0.29, 0.717) is 18.9 Å². The minimum Gasteiger partial charge on any atom is -0.357 e. The van der Waals surface area contributed by atoms with Crippen LogP contribution in [0.2, 0.25) is 0 Å². The number of amides is 1. The molecule has 2 N–H and O–H groups in total. The number of hydrogen-bond donors (Lipinski definition) is 2. The Balaban J connectivity index is 0.00000364. The molecule has 1 aromatic carbocycles. The molecule has 0 bridgehead atoms. The zero-order valence-electron chi connectivity index (χ0n) is 16.6. The smallest absolute Gasteiger partial charge is 0.222 e. The van der Waals surface area contributed by atoms with Gasteiger partial charge in [0.15, 0.2) is 5.96 Å². The van der Waals surface area contributed by atoms with Gasteiger partial charge in [-0.3, -0.25) is 9.79 Å². The normalized spacial score (nSPS) is 14.9. The van der Waals surface area contributed by atoms with E-state index < -0.39 is 0 Å². The molecule has 1 aromatic rings. The van der Waals surface area contributed by atoms with Crippen LogP contribution in [0.1, 0.15) is 45.6 Å². The summed E-state index contributed by atoms with van der Waals surface area (Å²) in [6.45, 7) is 10.5. The number of likely N-dealkylation sites (tertiary alicyclic amines) is 1. The van der Waals surface area contributed by atoms with Crippen molar-refractivity contribution >= 4 is 51.8 Å². The molecule has 0 saturated carbocycles. The maximum atomic E-state index is 11.6. The predicted molar refractivity (Wildman–Crippen MR) is 127 cm³/mol. The molecule has 1 fully saturated rings. The van der Waals surface area contributed by atoms with Crippen molar-refractivity contribution < 1.29 is 4.79 Å². The molecule has 0 atom stereocenters. The minimum absolute atomic E-state index is 0. The minimum atomic E-state index is -0.0651. The number of carbonyl (C=O) groups excluding carboxylic acids is 1. The first kappa shape index (κ1) is 24.2. The van der Waals surface area contributed by atoms with E-state index in [0.717, 1.165) is 49.5 Å². The average molecular weight is 551 g/mol. The number of rotatable bonds is 8. The largest absolute Gasteiger partial charge is 0.357 e. The third kappa shape index (κ3) is 7.60. The van der Waals surface area contributed by atoms with Crippen molar-refractivity contribution in [3.63, 3.8) is 0 Å². The Hall–Kier alpha value is -0.830. The van der Waals surface area contributed by atoms with Crippen LogP contribution in [-0.2, 0) is 10.2 Å². The summed E-state index contributed by atoms with van der Waals surface area (Å²) in [5, 5.41) is 6.69. The molecule has 1 heterocycles. The lowest BCUT2D eigenvalue weighted by Gasteiger charge is -2.25. The summed E-state index contributed by atoms with van der Waals surface area (Å²) in [4.78, 5) is 18.4. The van der Waals surface area contributed by atoms with Crippen LogP contribution in [0.25, 0.3) is 0 Å². The van der Waals surface area contributed by atoms with Gasteiger partial charge in [-0.1, -0.05) is 48.0 Å². The Morgan fingerprint density at radius 1 is 1.30 bits per heavy atom. The Morgan fingerprint density at radius 3 is 2.67 bits per heavy atom. The van der Waals surface area contributed by atoms with E-state index in [2.05, 4.69) is 65.5 Å². The second-order valence-electron chi connectivity index (χ2n) is 7.32. The summed E-state index contributed by atoms with van der Waals surface area (Å²) in [5.74, 6) is 1.13. The molecule has 5 nitrogen and oxygen atoms in total. The van der Waals surface area contributed by atoms with Crippen LogP contribution in [0.5, 0.6) is 0 Å². The van der Waals surface area contributed by atoms with Crippen LogP contribution in [-0.4, -0.2) is 49.5 Å². The number of halogens is 2. The molecule has 0 spiro atoms. The molecule has 0 aliphatic carbocycles. The molecule has 1 amide bonds. The standard InChI is InChI=1S/C20H31BrN4O.HI/c1-4-22-19(23-12-8-14-25-13-7-11-18(25)26)24-15-20(2,3)16-9-5-6-10-17(16)21;/h5-6,9-10H,4,7-8,11-15H2,1-3H3,(H2,22,23,24);1H. The Bertz CT molecular complexity index is 636. The highest BCUT2D eigenvalue weighted by Gasteiger charge is 2.23. The lowest BCUT2D eigenvalue weighted by Crippen LogP contribution is -2.40. The van der Waals surface area contributed by atoms with Crippen molar-refractivity contribution in [2.45, 2.75) is 45.4 Å². The summed E-state index contributed by atoms with van der Waals surface area (Å²) in [6, 6.07) is 8.31. The second-order valence-corrected chi connectivity index (χ2v) is 8.18. The summed E-state index contributed by atoms with van der Waals surface area (Å²) < 4.78 is 1.12. The van der Waals surface area contributed by atoms with Gasteiger partial charge in [0.25, 0.3) is 0 Å². The fourth-order valence-electron chi connectivity index (χ4n) is 3.13. The van der Waals surface area contributed by atoms with Gasteiger partial charge >= 0.3 is 0 Å². The highest BCUT2D eigenvalue weighted by molar-refractivity contribution is 14.0. The van der Waals surface area contributed by atoms with E-state index in [1.165, 1.54) is 5.56 Å². The first-order valence-electron chi connectivity index (χ1n) is 9.49. The van der Waals surface area contributed by atoms with Gasteiger partial charge in [-0.05, 0) is 31.4 Å². The van der Waals surface area contributed by atoms with Gasteiger partial charge in [0.05, 0.1) is 6.54 Å². The Kier molecular flexibility index (Phi) is 10.7. The molecular formula is C20H32BrIN4O. The van der Waals surface area contributed by atoms with Gasteiger partial charge in [-0.15, -0.1) is 24.0 Å². The number of aliphatic imine (C=N–C) groups is 1. The first-order chi connectivity index (χ1) is 12.4. The number of hydrogen-bond acceptors (Lipinski definition) is 2. The van der Waals surface area contributed by atoms with E-state index in [-0.39, 0.29) is 29.4 Å². The fourth-order valence-corrected chi connectivity index (χ4v) is 3.95. The van der Waals surface area contributed by atoms with Crippen molar-refractivity contribution in [2.75, 3.05) is 32.7 Å². The van der Waals surface area contributed by atoms with Crippen LogP contribution in [0, 0.1) is 0 Å². The number of benzene rings is 1. The Morgan fingerprint density at radius 2 is 2.04 bits per heavy atom. The molecule has 27 heavy (non-hydrogen) atoms. The number of nitrogens with one attached hydrogen (secondary N) is 2. The van der Waals surface area contributed by atoms with Crippen molar-refractivity contribution in [2.24, 2.45) is 4.99 Å². The molecule has 2 rings (SSSR count). The summed E-state index contributed by atoms with van der Waals surface area (Å²) in [6.07, 6.45) is 2.64. The molecule has 7 heteroatoms. The van der Waals surface area contributed by atoms with Gasteiger partial charge < -0.3 is 15.5 Å². The lowest BCUT2D eigenvalue weighted by molar-refractivity contribution is -0.127. The summed E-state index contributed by atoms with van der Waals surface area (Å²) >= 11 is 3.65. The van der Waals surface area contributed by atoms with Crippen LogP contribution in [0.4, 0.5) is 0 Å². The molecule has 1 saturated heterocycles. The second kappa shape index (κ2) is 11.9. The van der Waals surface area contributed by atoms with Crippen molar-refractivity contribution in [3.8, 4) is 0 Å². The Labute approximate surface area is 188 Å². The highest BCUT2D eigenvalue weighted by atomic mass is 127. The zero-order chi connectivity index (χ0) is 19.0. The molecule has 1 aliphatic rings. The average Bonchev–Trinajstić information content (AvgIpc) is 3.01. The molecule has 0 aromatic heterocycles. The van der Waals surface area contributed by atoms with Crippen molar-refractivity contribution in [1.82, 2.24) is 15.5 Å². The van der Waals surface area contributed by atoms with Gasteiger partial charge in [0.2, 0.25) is 5.91 Å². The van der Waals surface area contributed by atoms with E-state index in [9.17, 15) is 4.79 Å². The van der Waals surface area contributed by atoms with E-state index in [1.807, 2.05) is 11.0 Å². The molecule has 0 radical (unpaired) electrons. The first-order valence-corrected chi connectivity index (χ1v) is 10.3. The van der Waals surface area contributed by atoms with Gasteiger partial charge in [-0.25, -0.2) is 0 Å². The molecular weight excluding hydrogens is 519 g/mol. The van der Waals surface area contributed by atoms with E-state index in [4.69, 9.17) is 4.99 Å². The lowest BCUT2D eigenvalue weighted by atomic mass is 9.85. The van der Waals surface area contributed by atoms with Crippen LogP contribution in [0.15, 0.2) is 33.7 Å². The van der Waals surface area contributed by atoms with Gasteiger partial charge in [0.1, 0.15) is 0 Å². The monoisotopic (exact) mass is 550 g/mol. The SMILES string of the molecule is CCNC(=NCC(C)(C)c1ccccc1Br)NCCCN1CCCC1=O.I. The topological polar surface area (TPSA) is 56.7 Å². The predicted octanol–water partition coefficient (Wildman–Crippen LogP) is 3.91.